The van der Waals surface area contributed by atoms with Gasteiger partial charge >= 0.3 is 0 Å². The summed E-state index contributed by atoms with van der Waals surface area (Å²) in [5.41, 5.74) is 1.73. The van der Waals surface area contributed by atoms with E-state index < -0.39 is 0 Å². The maximum atomic E-state index is 13.3. The molecule has 4 aromatic rings. The van der Waals surface area contributed by atoms with Crippen molar-refractivity contribution >= 4 is 45.4 Å². The first-order valence-electron chi connectivity index (χ1n) is 10.6. The van der Waals surface area contributed by atoms with Crippen LogP contribution in [0.4, 0.5) is 0 Å². The van der Waals surface area contributed by atoms with Crippen molar-refractivity contribution in [2.75, 3.05) is 20.2 Å². The molecule has 0 spiro atoms. The average Bonchev–Trinajstić information content (AvgIpc) is 3.26. The Hall–Kier alpha value is -2.51. The molecule has 1 aliphatic heterocycles. The number of ether oxygens (including phenoxy) is 2. The van der Waals surface area contributed by atoms with Crippen molar-refractivity contribution in [3.63, 3.8) is 0 Å². The molecular weight excluding hydrogens is 479 g/mol. The van der Waals surface area contributed by atoms with Crippen LogP contribution in [0, 0.1) is 0 Å². The molecule has 1 N–H and O–H groups in total. The van der Waals surface area contributed by atoms with Crippen molar-refractivity contribution in [1.82, 2.24) is 9.88 Å². The molecule has 0 amide bonds. The fourth-order valence-electron chi connectivity index (χ4n) is 3.98. The van der Waals surface area contributed by atoms with Gasteiger partial charge in [0, 0.05) is 27.5 Å². The number of hydrogen-bond donors (Lipinski definition) is 1. The first-order valence-corrected chi connectivity index (χ1v) is 11.8. The van der Waals surface area contributed by atoms with Gasteiger partial charge in [0.2, 0.25) is 0 Å². The van der Waals surface area contributed by atoms with Crippen molar-refractivity contribution in [2.24, 2.45) is 0 Å². The number of hydrogen-bond acceptors (Lipinski definition) is 5. The molecule has 1 fully saturated rings. The highest BCUT2D eigenvalue weighted by molar-refractivity contribution is 7.22. The van der Waals surface area contributed by atoms with Gasteiger partial charge in [-0.25, -0.2) is 0 Å². The number of nitrogens with zero attached hydrogens (tertiary/aromatic N) is 1. The molecule has 0 aliphatic carbocycles. The molecule has 1 saturated heterocycles. The largest absolute Gasteiger partial charge is 0.493 e. The lowest BCUT2D eigenvalue weighted by molar-refractivity contribution is 0.156. The van der Waals surface area contributed by atoms with E-state index in [0.29, 0.717) is 21.2 Å². The summed E-state index contributed by atoms with van der Waals surface area (Å²) in [6.45, 7) is 1.92. The number of rotatable bonds is 5. The van der Waals surface area contributed by atoms with Gasteiger partial charge in [0.25, 0.3) is 5.56 Å². The Kier molecular flexibility index (Phi) is 7.29. The van der Waals surface area contributed by atoms with Crippen LogP contribution in [0.1, 0.15) is 12.8 Å². The van der Waals surface area contributed by atoms with E-state index >= 15 is 0 Å². The standard InChI is InChI=1S/C25H23ClN2O3S.ClH/c1-30-22-15-19(6-7-21(22)31-20-8-11-27-12-9-20)28-13-10-17-14-23(32-24(17)25(28)29)16-2-4-18(26)5-3-16;/h2-7,10,13-15,20,27H,8-9,11-12H2,1H3;1H. The number of halogens is 2. The van der Waals surface area contributed by atoms with Gasteiger partial charge in [-0.15, -0.1) is 23.7 Å². The summed E-state index contributed by atoms with van der Waals surface area (Å²) < 4.78 is 14.1. The molecular formula is C25H24Cl2N2O3S. The van der Waals surface area contributed by atoms with Gasteiger partial charge in [0.15, 0.2) is 11.5 Å². The van der Waals surface area contributed by atoms with Crippen molar-refractivity contribution in [2.45, 2.75) is 18.9 Å². The van der Waals surface area contributed by atoms with Crippen LogP contribution in [-0.2, 0) is 0 Å². The summed E-state index contributed by atoms with van der Waals surface area (Å²) in [4.78, 5) is 14.3. The summed E-state index contributed by atoms with van der Waals surface area (Å²) in [5.74, 6) is 1.33. The Bertz CT molecular complexity index is 1310. The fraction of sp³-hybridized carbons (Fsp3) is 0.240. The lowest BCUT2D eigenvalue weighted by Crippen LogP contribution is -2.34. The molecule has 2 aromatic carbocycles. The topological polar surface area (TPSA) is 52.5 Å². The average molecular weight is 503 g/mol. The maximum Gasteiger partial charge on any atom is 0.273 e. The molecule has 5 nitrogen and oxygen atoms in total. The van der Waals surface area contributed by atoms with Crippen molar-refractivity contribution in [1.29, 1.82) is 0 Å². The highest BCUT2D eigenvalue weighted by Crippen LogP contribution is 2.34. The predicted octanol–water partition coefficient (Wildman–Crippen LogP) is 5.93. The van der Waals surface area contributed by atoms with Crippen LogP contribution in [0.15, 0.2) is 65.6 Å². The van der Waals surface area contributed by atoms with Gasteiger partial charge in [0.1, 0.15) is 10.8 Å². The number of pyridine rings is 1. The monoisotopic (exact) mass is 502 g/mol. The summed E-state index contributed by atoms with van der Waals surface area (Å²) in [5, 5.41) is 4.96. The van der Waals surface area contributed by atoms with Gasteiger partial charge in [0.05, 0.1) is 12.8 Å². The first kappa shape index (κ1) is 23.6. The second-order valence-corrected chi connectivity index (χ2v) is 9.28. The predicted molar refractivity (Wildman–Crippen MR) is 138 cm³/mol. The Labute approximate surface area is 207 Å². The van der Waals surface area contributed by atoms with Gasteiger partial charge in [-0.05, 0) is 67.9 Å². The molecule has 0 unspecified atom stereocenters. The lowest BCUT2D eigenvalue weighted by Gasteiger charge is -2.24. The van der Waals surface area contributed by atoms with E-state index in [9.17, 15) is 4.79 Å². The quantitative estimate of drug-likeness (QED) is 0.367. The van der Waals surface area contributed by atoms with E-state index in [0.717, 1.165) is 47.4 Å². The van der Waals surface area contributed by atoms with Crippen LogP contribution in [0.25, 0.3) is 26.2 Å². The Morgan fingerprint density at radius 3 is 2.52 bits per heavy atom. The zero-order valence-electron chi connectivity index (χ0n) is 18.0. The van der Waals surface area contributed by atoms with E-state index in [-0.39, 0.29) is 24.1 Å². The summed E-state index contributed by atoms with van der Waals surface area (Å²) in [6, 6.07) is 17.3. The molecule has 3 heterocycles. The molecule has 1 aliphatic rings. The van der Waals surface area contributed by atoms with Crippen molar-refractivity contribution < 1.29 is 9.47 Å². The molecule has 8 heteroatoms. The zero-order valence-corrected chi connectivity index (χ0v) is 20.4. The Morgan fingerprint density at radius 2 is 1.79 bits per heavy atom. The molecule has 0 radical (unpaired) electrons. The third-order valence-electron chi connectivity index (χ3n) is 5.71. The number of benzene rings is 2. The van der Waals surface area contributed by atoms with Gasteiger partial charge < -0.3 is 14.8 Å². The molecule has 2 aromatic heterocycles. The van der Waals surface area contributed by atoms with E-state index in [4.69, 9.17) is 21.1 Å². The summed E-state index contributed by atoms with van der Waals surface area (Å²) in [7, 11) is 1.62. The Morgan fingerprint density at radius 1 is 1.03 bits per heavy atom. The van der Waals surface area contributed by atoms with Crippen LogP contribution < -0.4 is 20.3 Å². The smallest absolute Gasteiger partial charge is 0.273 e. The number of methoxy groups -OCH3 is 1. The van der Waals surface area contributed by atoms with Gasteiger partial charge in [-0.3, -0.25) is 9.36 Å². The van der Waals surface area contributed by atoms with Crippen LogP contribution in [0.2, 0.25) is 5.02 Å². The van der Waals surface area contributed by atoms with E-state index in [1.165, 1.54) is 11.3 Å². The number of fused-ring (bicyclic) bond motifs is 1. The van der Waals surface area contributed by atoms with E-state index in [2.05, 4.69) is 5.32 Å². The van der Waals surface area contributed by atoms with Crippen molar-refractivity contribution in [3.05, 3.63) is 76.2 Å². The fourth-order valence-corrected chi connectivity index (χ4v) is 5.20. The summed E-state index contributed by atoms with van der Waals surface area (Å²) >= 11 is 7.50. The van der Waals surface area contributed by atoms with Crippen molar-refractivity contribution in [3.8, 4) is 27.6 Å². The molecule has 0 bridgehead atoms. The number of thiophene rings is 1. The van der Waals surface area contributed by atoms with E-state index in [1.54, 1.807) is 11.7 Å². The van der Waals surface area contributed by atoms with Gasteiger partial charge in [-0.1, -0.05) is 23.7 Å². The molecule has 172 valence electrons. The minimum Gasteiger partial charge on any atom is -0.493 e. The number of aromatic nitrogens is 1. The highest BCUT2D eigenvalue weighted by Gasteiger charge is 2.18. The minimum absolute atomic E-state index is 0. The van der Waals surface area contributed by atoms with Crippen LogP contribution in [0.5, 0.6) is 11.5 Å². The normalized spacial score (nSPS) is 14.1. The third-order valence-corrected chi connectivity index (χ3v) is 7.15. The Balaban J connectivity index is 0.00000259. The molecule has 0 saturated carbocycles. The first-order chi connectivity index (χ1) is 15.6. The molecule has 0 atom stereocenters. The van der Waals surface area contributed by atoms with Gasteiger partial charge in [-0.2, -0.15) is 0 Å². The van der Waals surface area contributed by atoms with E-state index in [1.807, 2.05) is 60.8 Å². The maximum absolute atomic E-state index is 13.3. The molecule has 33 heavy (non-hydrogen) atoms. The number of nitrogens with one attached hydrogen (secondary N) is 1. The van der Waals surface area contributed by atoms with Crippen LogP contribution in [-0.4, -0.2) is 30.9 Å². The SMILES string of the molecule is COc1cc(-n2ccc3cc(-c4ccc(Cl)cc4)sc3c2=O)ccc1OC1CCNCC1.Cl. The number of piperidine rings is 1. The second-order valence-electron chi connectivity index (χ2n) is 7.80. The zero-order chi connectivity index (χ0) is 22.1. The van der Waals surface area contributed by atoms with Crippen LogP contribution >= 0.6 is 35.3 Å². The minimum atomic E-state index is -0.0539. The highest BCUT2D eigenvalue weighted by atomic mass is 35.5. The van der Waals surface area contributed by atoms with Crippen LogP contribution in [0.3, 0.4) is 0 Å². The third kappa shape index (κ3) is 4.89. The lowest BCUT2D eigenvalue weighted by atomic mass is 10.1. The molecule has 5 rings (SSSR count). The second kappa shape index (κ2) is 10.2. The summed E-state index contributed by atoms with van der Waals surface area (Å²) in [6.07, 6.45) is 3.92.